The zero-order valence-corrected chi connectivity index (χ0v) is 19.8. The highest BCUT2D eigenvalue weighted by Gasteiger charge is 2.31. The van der Waals surface area contributed by atoms with Crippen LogP contribution in [0.25, 0.3) is 11.0 Å². The molecule has 3 heterocycles. The van der Waals surface area contributed by atoms with Crippen LogP contribution in [-0.4, -0.2) is 26.7 Å². The van der Waals surface area contributed by atoms with Crippen LogP contribution in [0.3, 0.4) is 0 Å². The number of carbonyl (C=O) groups excluding carboxylic acids is 1. The first kappa shape index (κ1) is 22.3. The number of aryl methyl sites for hydroxylation is 2. The van der Waals surface area contributed by atoms with Gasteiger partial charge in [0.1, 0.15) is 5.82 Å². The topological polar surface area (TPSA) is 50.5 Å². The molecule has 0 saturated heterocycles. The van der Waals surface area contributed by atoms with E-state index in [9.17, 15) is 9.18 Å². The van der Waals surface area contributed by atoms with Crippen LogP contribution < -0.4 is 5.30 Å². The Morgan fingerprint density at radius 2 is 2.09 bits per heavy atom. The van der Waals surface area contributed by atoms with Gasteiger partial charge in [-0.1, -0.05) is 25.1 Å². The van der Waals surface area contributed by atoms with Gasteiger partial charge in [0.05, 0.1) is 17.1 Å². The van der Waals surface area contributed by atoms with Gasteiger partial charge in [0, 0.05) is 37.5 Å². The smallest absolute Gasteiger partial charge is 0.246 e. The van der Waals surface area contributed by atoms with Crippen molar-refractivity contribution < 1.29 is 9.18 Å². The fourth-order valence-corrected chi connectivity index (χ4v) is 4.63. The highest BCUT2D eigenvalue weighted by atomic mass is 31.0. The van der Waals surface area contributed by atoms with Crippen LogP contribution >= 0.6 is 9.24 Å². The monoisotopic (exact) mass is 450 g/mol. The lowest BCUT2D eigenvalue weighted by Crippen LogP contribution is -2.32. The Balaban J connectivity index is 1.46. The summed E-state index contributed by atoms with van der Waals surface area (Å²) in [4.78, 5) is 17.7. The van der Waals surface area contributed by atoms with Gasteiger partial charge in [0.2, 0.25) is 5.91 Å². The van der Waals surface area contributed by atoms with Crippen LogP contribution in [0.2, 0.25) is 0 Å². The largest absolute Gasteiger partial charge is 0.342 e. The number of hydrogen-bond donors (Lipinski definition) is 0. The number of hydrogen-bond acceptors (Lipinski definition) is 3. The number of rotatable bonds is 6. The molecule has 0 spiro atoms. The minimum Gasteiger partial charge on any atom is -0.342 e. The fraction of sp³-hybridized carbons (Fsp3) is 0.320. The van der Waals surface area contributed by atoms with Gasteiger partial charge in [0.25, 0.3) is 0 Å². The lowest BCUT2D eigenvalue weighted by atomic mass is 9.98. The third-order valence-electron chi connectivity index (χ3n) is 5.84. The van der Waals surface area contributed by atoms with Crippen LogP contribution in [0.5, 0.6) is 0 Å². The number of halogens is 1. The van der Waals surface area contributed by atoms with Gasteiger partial charge in [-0.2, -0.15) is 5.10 Å². The van der Waals surface area contributed by atoms with E-state index >= 15 is 0 Å². The van der Waals surface area contributed by atoms with Gasteiger partial charge >= 0.3 is 0 Å². The van der Waals surface area contributed by atoms with Crippen molar-refractivity contribution in [3.8, 4) is 0 Å². The zero-order chi connectivity index (χ0) is 23.0. The summed E-state index contributed by atoms with van der Waals surface area (Å²) in [5.74, 6) is -0.652. The van der Waals surface area contributed by atoms with Gasteiger partial charge in [-0.15, -0.1) is 9.24 Å². The third kappa shape index (κ3) is 4.51. The standard InChI is InChI=1S/C25H28FN4OP/c1-15-8-19(10-20(26)9-15)22-5-6-28-30(22)25(31)17(3)7-16(2)13-29-14-18(4)24-23(29)11-21(32)12-27-24/h6,8-12,14,17,22H,2,5,7,13,32H2,1,3-4H3. The first-order valence-corrected chi connectivity index (χ1v) is 11.3. The molecule has 0 N–H and O–H groups in total. The van der Waals surface area contributed by atoms with Crippen molar-refractivity contribution in [1.82, 2.24) is 14.6 Å². The molecule has 0 aliphatic carbocycles. The van der Waals surface area contributed by atoms with Crippen LogP contribution in [0.15, 0.2) is 53.9 Å². The van der Waals surface area contributed by atoms with Crippen molar-refractivity contribution in [2.24, 2.45) is 11.0 Å². The van der Waals surface area contributed by atoms with Crippen LogP contribution in [0.4, 0.5) is 4.39 Å². The Morgan fingerprint density at radius 1 is 1.31 bits per heavy atom. The van der Waals surface area contributed by atoms with E-state index in [1.165, 1.54) is 17.1 Å². The minimum absolute atomic E-state index is 0.0747. The molecule has 0 radical (unpaired) electrons. The van der Waals surface area contributed by atoms with Gasteiger partial charge in [-0.25, -0.2) is 9.40 Å². The number of pyridine rings is 1. The summed E-state index contributed by atoms with van der Waals surface area (Å²) in [6.45, 7) is 10.6. The van der Waals surface area contributed by atoms with E-state index in [1.807, 2.05) is 33.0 Å². The molecule has 3 atom stereocenters. The first-order chi connectivity index (χ1) is 15.2. The number of benzene rings is 1. The number of carbonyl (C=O) groups is 1. The summed E-state index contributed by atoms with van der Waals surface area (Å²) >= 11 is 0. The summed E-state index contributed by atoms with van der Waals surface area (Å²) in [5.41, 5.74) is 5.71. The lowest BCUT2D eigenvalue weighted by Gasteiger charge is -2.26. The highest BCUT2D eigenvalue weighted by Crippen LogP contribution is 2.32. The second kappa shape index (κ2) is 8.95. The molecular formula is C25H28FN4OP. The second-order valence-electron chi connectivity index (χ2n) is 8.73. The molecule has 2 aromatic heterocycles. The number of fused-ring (bicyclic) bond motifs is 1. The average molecular weight is 450 g/mol. The molecule has 1 amide bonds. The zero-order valence-electron chi connectivity index (χ0n) is 18.7. The molecule has 1 aliphatic heterocycles. The molecule has 32 heavy (non-hydrogen) atoms. The normalized spacial score (nSPS) is 16.7. The van der Waals surface area contributed by atoms with Gasteiger partial charge in [-0.05, 0) is 60.5 Å². The fourth-order valence-electron chi connectivity index (χ4n) is 4.40. The Hall–Kier alpha value is -2.85. The molecule has 1 aliphatic rings. The predicted molar refractivity (Wildman–Crippen MR) is 131 cm³/mol. The maximum atomic E-state index is 13.9. The summed E-state index contributed by atoms with van der Waals surface area (Å²) in [6, 6.07) is 6.71. The predicted octanol–water partition coefficient (Wildman–Crippen LogP) is 4.83. The van der Waals surface area contributed by atoms with E-state index < -0.39 is 0 Å². The molecule has 0 bridgehead atoms. The van der Waals surface area contributed by atoms with E-state index in [4.69, 9.17) is 0 Å². The molecular weight excluding hydrogens is 422 g/mol. The Morgan fingerprint density at radius 3 is 2.84 bits per heavy atom. The quantitative estimate of drug-likeness (QED) is 0.399. The Bertz CT molecular complexity index is 1210. The maximum Gasteiger partial charge on any atom is 0.246 e. The first-order valence-electron chi connectivity index (χ1n) is 10.7. The van der Waals surface area contributed by atoms with E-state index in [0.717, 1.165) is 38.6 Å². The van der Waals surface area contributed by atoms with Crippen molar-refractivity contribution in [1.29, 1.82) is 0 Å². The van der Waals surface area contributed by atoms with Crippen molar-refractivity contribution in [2.75, 3.05) is 0 Å². The average Bonchev–Trinajstić information content (AvgIpc) is 3.32. The van der Waals surface area contributed by atoms with Crippen LogP contribution in [0.1, 0.15) is 42.5 Å². The summed E-state index contributed by atoms with van der Waals surface area (Å²) in [5, 5.41) is 6.84. The van der Waals surface area contributed by atoms with E-state index in [-0.39, 0.29) is 23.7 Å². The van der Waals surface area contributed by atoms with Crippen LogP contribution in [-0.2, 0) is 11.3 Å². The third-order valence-corrected chi connectivity index (χ3v) is 6.15. The lowest BCUT2D eigenvalue weighted by molar-refractivity contribution is -0.136. The van der Waals surface area contributed by atoms with E-state index in [0.29, 0.717) is 19.4 Å². The maximum absolute atomic E-state index is 13.9. The molecule has 7 heteroatoms. The molecule has 4 rings (SSSR count). The molecule has 5 nitrogen and oxygen atoms in total. The molecule has 166 valence electrons. The molecule has 1 aromatic carbocycles. The van der Waals surface area contributed by atoms with E-state index in [2.05, 4.69) is 42.7 Å². The summed E-state index contributed by atoms with van der Waals surface area (Å²) < 4.78 is 16.1. The molecule has 3 unspecified atom stereocenters. The summed E-state index contributed by atoms with van der Waals surface area (Å²) in [7, 11) is 2.68. The molecule has 0 saturated carbocycles. The van der Waals surface area contributed by atoms with Crippen molar-refractivity contribution in [3.63, 3.8) is 0 Å². The van der Waals surface area contributed by atoms with Gasteiger partial charge < -0.3 is 4.57 Å². The Kier molecular flexibility index (Phi) is 6.25. The number of nitrogens with zero attached hydrogens (tertiary/aromatic N) is 4. The second-order valence-corrected chi connectivity index (χ2v) is 9.39. The van der Waals surface area contributed by atoms with E-state index in [1.54, 1.807) is 6.21 Å². The number of allylic oxidation sites excluding steroid dienone is 1. The van der Waals surface area contributed by atoms with Crippen molar-refractivity contribution in [2.45, 2.75) is 46.2 Å². The van der Waals surface area contributed by atoms with Crippen LogP contribution in [0, 0.1) is 25.6 Å². The van der Waals surface area contributed by atoms with Crippen molar-refractivity contribution in [3.05, 3.63) is 71.3 Å². The number of aromatic nitrogens is 2. The van der Waals surface area contributed by atoms with Gasteiger partial charge in [-0.3, -0.25) is 9.78 Å². The SMILES string of the molecule is C=C(CC(C)C(=O)N1N=CCC1c1cc(C)cc(F)c1)Cn1cc(C)c2ncc(P)cc21. The minimum atomic E-state index is -0.293. The summed E-state index contributed by atoms with van der Waals surface area (Å²) in [6.07, 6.45) is 6.78. The highest BCUT2D eigenvalue weighted by molar-refractivity contribution is 7.27. The van der Waals surface area contributed by atoms with Gasteiger partial charge in [0.15, 0.2) is 0 Å². The molecule has 3 aromatic rings. The number of hydrazone groups is 1. The molecule has 0 fully saturated rings. The van der Waals surface area contributed by atoms with Crippen molar-refractivity contribution >= 4 is 37.7 Å². The Labute approximate surface area is 190 Å². The number of amides is 1.